The Morgan fingerprint density at radius 1 is 1.75 bits per heavy atom. The van der Waals surface area contributed by atoms with E-state index in [1.165, 1.54) is 5.38 Å². The molecule has 7 heteroatoms. The van der Waals surface area contributed by atoms with Gasteiger partial charge in [0.25, 0.3) is 0 Å². The van der Waals surface area contributed by atoms with Crippen LogP contribution in [0.5, 0.6) is 0 Å². The lowest BCUT2D eigenvalue weighted by molar-refractivity contribution is 0.601. The lowest BCUT2D eigenvalue weighted by Crippen LogP contribution is -2.11. The number of nitrogens with two attached hydrogens (primary N) is 1. The first kappa shape index (κ1) is 9.14. The predicted octanol–water partition coefficient (Wildman–Crippen LogP) is -0.169. The van der Waals surface area contributed by atoms with Gasteiger partial charge in [0.1, 0.15) is 11.5 Å². The molecule has 0 radical (unpaired) electrons. The van der Waals surface area contributed by atoms with Gasteiger partial charge >= 0.3 is 0 Å². The number of thiazole rings is 1. The quantitative estimate of drug-likeness (QED) is 0.517. The highest BCUT2D eigenvalue weighted by molar-refractivity contribution is 7.92. The molecule has 0 aromatic carbocycles. The van der Waals surface area contributed by atoms with Crippen molar-refractivity contribution in [3.63, 3.8) is 0 Å². The summed E-state index contributed by atoms with van der Waals surface area (Å²) in [6.45, 7) is 0. The zero-order valence-electron chi connectivity index (χ0n) is 6.23. The third-order valence-corrected chi connectivity index (χ3v) is 3.63. The van der Waals surface area contributed by atoms with Crippen molar-refractivity contribution < 1.29 is 8.42 Å². The Bertz CT molecular complexity index is 406. The van der Waals surface area contributed by atoms with Crippen LogP contribution in [0, 0.1) is 5.41 Å². The number of aromatic nitrogens is 1. The monoisotopic (exact) mass is 205 g/mol. The van der Waals surface area contributed by atoms with E-state index in [1.54, 1.807) is 0 Å². The Kier molecular flexibility index (Phi) is 2.16. The first-order chi connectivity index (χ1) is 5.41. The van der Waals surface area contributed by atoms with Crippen LogP contribution in [0.15, 0.2) is 9.72 Å². The van der Waals surface area contributed by atoms with Crippen molar-refractivity contribution in [2.75, 3.05) is 6.26 Å². The highest BCUT2D eigenvalue weighted by atomic mass is 32.2. The summed E-state index contributed by atoms with van der Waals surface area (Å²) in [6, 6.07) is 0. The van der Waals surface area contributed by atoms with Crippen LogP contribution in [-0.2, 0) is 9.84 Å². The molecule has 5 nitrogen and oxygen atoms in total. The molecule has 0 atom stereocenters. The van der Waals surface area contributed by atoms with Crippen molar-refractivity contribution in [2.24, 2.45) is 5.73 Å². The van der Waals surface area contributed by atoms with Gasteiger partial charge in [0, 0.05) is 11.6 Å². The van der Waals surface area contributed by atoms with E-state index in [4.69, 9.17) is 11.1 Å². The predicted molar refractivity (Wildman–Crippen MR) is 46.2 cm³/mol. The second kappa shape index (κ2) is 2.83. The van der Waals surface area contributed by atoms with E-state index in [0.29, 0.717) is 0 Å². The maximum Gasteiger partial charge on any atom is 0.209 e. The second-order valence-electron chi connectivity index (χ2n) is 2.18. The zero-order chi connectivity index (χ0) is 9.35. The summed E-state index contributed by atoms with van der Waals surface area (Å²) in [5.74, 6) is -0.221. The number of sulfone groups is 1. The first-order valence-corrected chi connectivity index (χ1v) is 5.68. The van der Waals surface area contributed by atoms with Crippen molar-refractivity contribution >= 4 is 27.0 Å². The van der Waals surface area contributed by atoms with Crippen molar-refractivity contribution in [1.82, 2.24) is 4.98 Å². The van der Waals surface area contributed by atoms with Crippen LogP contribution in [0.2, 0.25) is 0 Å². The SMILES string of the molecule is CS(=O)(=O)c1nc(C(=N)N)cs1. The normalized spacial score (nSPS) is 11.4. The molecule has 0 bridgehead atoms. The minimum atomic E-state index is -3.26. The van der Waals surface area contributed by atoms with Crippen molar-refractivity contribution in [2.45, 2.75) is 4.34 Å². The third kappa shape index (κ3) is 1.80. The van der Waals surface area contributed by atoms with E-state index in [0.717, 1.165) is 17.6 Å². The molecule has 1 rings (SSSR count). The van der Waals surface area contributed by atoms with E-state index < -0.39 is 9.84 Å². The summed E-state index contributed by atoms with van der Waals surface area (Å²) < 4.78 is 21.8. The third-order valence-electron chi connectivity index (χ3n) is 1.08. The fourth-order valence-corrected chi connectivity index (χ4v) is 2.20. The Morgan fingerprint density at radius 2 is 2.33 bits per heavy atom. The van der Waals surface area contributed by atoms with Crippen molar-refractivity contribution in [1.29, 1.82) is 5.41 Å². The van der Waals surface area contributed by atoms with Gasteiger partial charge in [-0.3, -0.25) is 5.41 Å². The van der Waals surface area contributed by atoms with Crippen LogP contribution in [0.25, 0.3) is 0 Å². The lowest BCUT2D eigenvalue weighted by Gasteiger charge is -1.88. The second-order valence-corrected chi connectivity index (χ2v) is 5.23. The van der Waals surface area contributed by atoms with Crippen molar-refractivity contribution in [3.05, 3.63) is 11.1 Å². The molecule has 0 saturated carbocycles. The van der Waals surface area contributed by atoms with E-state index in [2.05, 4.69) is 4.98 Å². The van der Waals surface area contributed by atoms with Gasteiger partial charge in [0.15, 0.2) is 0 Å². The van der Waals surface area contributed by atoms with Gasteiger partial charge in [-0.25, -0.2) is 13.4 Å². The molecule has 0 saturated heterocycles. The average molecular weight is 205 g/mol. The standard InChI is InChI=1S/C5H7N3O2S2/c1-12(9,10)5-8-3(2-11-5)4(6)7/h2H,1H3,(H3,6,7). The molecule has 0 spiro atoms. The number of nitrogens with zero attached hydrogens (tertiary/aromatic N) is 1. The smallest absolute Gasteiger partial charge is 0.209 e. The fraction of sp³-hybridized carbons (Fsp3) is 0.200. The van der Waals surface area contributed by atoms with Crippen LogP contribution < -0.4 is 5.73 Å². The van der Waals surface area contributed by atoms with Crippen LogP contribution in [0.3, 0.4) is 0 Å². The van der Waals surface area contributed by atoms with Gasteiger partial charge in [-0.2, -0.15) is 0 Å². The van der Waals surface area contributed by atoms with Gasteiger partial charge in [-0.15, -0.1) is 11.3 Å². The van der Waals surface area contributed by atoms with E-state index in [9.17, 15) is 8.42 Å². The minimum absolute atomic E-state index is 0.00676. The summed E-state index contributed by atoms with van der Waals surface area (Å²) in [7, 11) is -3.26. The Morgan fingerprint density at radius 3 is 2.58 bits per heavy atom. The number of rotatable bonds is 2. The zero-order valence-corrected chi connectivity index (χ0v) is 7.87. The highest BCUT2D eigenvalue weighted by Gasteiger charge is 2.13. The molecule has 12 heavy (non-hydrogen) atoms. The lowest BCUT2D eigenvalue weighted by atomic mass is 10.5. The molecular weight excluding hydrogens is 198 g/mol. The maximum absolute atomic E-state index is 10.9. The summed E-state index contributed by atoms with van der Waals surface area (Å²) in [5.41, 5.74) is 5.31. The van der Waals surface area contributed by atoms with Gasteiger partial charge in [0.05, 0.1) is 0 Å². The highest BCUT2D eigenvalue weighted by Crippen LogP contribution is 2.14. The molecule has 3 N–H and O–H groups in total. The molecule has 0 amide bonds. The molecule has 1 aromatic heterocycles. The largest absolute Gasteiger partial charge is 0.382 e. The van der Waals surface area contributed by atoms with Crippen LogP contribution in [0.4, 0.5) is 0 Å². The average Bonchev–Trinajstić information content (AvgIpc) is 2.30. The molecule has 0 aliphatic heterocycles. The van der Waals surface area contributed by atoms with Gasteiger partial charge in [-0.1, -0.05) is 0 Å². The molecule has 0 unspecified atom stereocenters. The number of nitrogen functional groups attached to an aromatic ring is 1. The first-order valence-electron chi connectivity index (χ1n) is 2.91. The topological polar surface area (TPSA) is 96.9 Å². The molecule has 1 heterocycles. The van der Waals surface area contributed by atoms with Crippen LogP contribution >= 0.6 is 11.3 Å². The minimum Gasteiger partial charge on any atom is -0.382 e. The number of hydrogen-bond donors (Lipinski definition) is 2. The molecule has 0 aliphatic rings. The van der Waals surface area contributed by atoms with E-state index >= 15 is 0 Å². The number of amidine groups is 1. The Hall–Kier alpha value is -0.950. The number of hydrogen-bond acceptors (Lipinski definition) is 5. The molecule has 1 aromatic rings. The summed E-state index contributed by atoms with van der Waals surface area (Å²) in [4.78, 5) is 3.66. The van der Waals surface area contributed by atoms with Gasteiger partial charge < -0.3 is 5.73 Å². The Balaban J connectivity index is 3.17. The van der Waals surface area contributed by atoms with Crippen molar-refractivity contribution in [3.8, 4) is 0 Å². The molecule has 0 fully saturated rings. The summed E-state index contributed by atoms with van der Waals surface area (Å²) >= 11 is 0.965. The molecular formula is C5H7N3O2S2. The summed E-state index contributed by atoms with van der Waals surface area (Å²) in [6.07, 6.45) is 1.07. The number of nitrogens with one attached hydrogen (secondary N) is 1. The summed E-state index contributed by atoms with van der Waals surface area (Å²) in [5, 5.41) is 8.42. The fourth-order valence-electron chi connectivity index (χ4n) is 0.551. The van der Waals surface area contributed by atoms with Crippen LogP contribution in [0.1, 0.15) is 5.69 Å². The maximum atomic E-state index is 10.9. The van der Waals surface area contributed by atoms with Crippen LogP contribution in [-0.4, -0.2) is 25.5 Å². The van der Waals surface area contributed by atoms with E-state index in [-0.39, 0.29) is 15.9 Å². The Labute approximate surface area is 73.7 Å². The molecule has 66 valence electrons. The van der Waals surface area contributed by atoms with Gasteiger partial charge in [0.2, 0.25) is 14.2 Å². The van der Waals surface area contributed by atoms with Gasteiger partial charge in [-0.05, 0) is 0 Å². The molecule has 0 aliphatic carbocycles. The van der Waals surface area contributed by atoms with E-state index in [1.807, 2.05) is 0 Å².